The summed E-state index contributed by atoms with van der Waals surface area (Å²) in [5, 5.41) is 3.88. The topological polar surface area (TPSA) is 56.0 Å². The number of nitrogens with one attached hydrogen (secondary N) is 1. The van der Waals surface area contributed by atoms with E-state index in [-0.39, 0.29) is 18.0 Å². The van der Waals surface area contributed by atoms with Crippen molar-refractivity contribution < 1.29 is 4.79 Å². The Hall–Kier alpha value is -3.60. The number of carbonyl (C=O) groups excluding carboxylic acids is 1. The number of rotatable bonds is 6. The highest BCUT2D eigenvalue weighted by Crippen LogP contribution is 2.21. The van der Waals surface area contributed by atoms with E-state index in [9.17, 15) is 9.59 Å². The van der Waals surface area contributed by atoms with Gasteiger partial charge < -0.3 is 14.5 Å². The van der Waals surface area contributed by atoms with Crippen LogP contribution in [0.25, 0.3) is 10.9 Å². The van der Waals surface area contributed by atoms with Crippen LogP contribution in [0.15, 0.2) is 71.8 Å². The Kier molecular flexibility index (Phi) is 5.76. The quantitative estimate of drug-likeness (QED) is 0.499. The molecule has 0 unspecified atom stereocenters. The van der Waals surface area contributed by atoms with E-state index in [2.05, 4.69) is 31.3 Å². The highest BCUT2D eigenvalue weighted by molar-refractivity contribution is 5.92. The molecule has 5 heteroatoms. The second-order valence-corrected chi connectivity index (χ2v) is 7.93. The van der Waals surface area contributed by atoms with Gasteiger partial charge in [0.15, 0.2) is 0 Å². The van der Waals surface area contributed by atoms with Crippen LogP contribution in [0.2, 0.25) is 0 Å². The fourth-order valence-electron chi connectivity index (χ4n) is 4.01. The van der Waals surface area contributed by atoms with E-state index in [0.29, 0.717) is 12.1 Å². The Bertz CT molecular complexity index is 1310. The van der Waals surface area contributed by atoms with E-state index in [1.807, 2.05) is 60.2 Å². The smallest absolute Gasteiger partial charge is 0.275 e. The SMILES string of the molecule is CCc1cccc(C)c1NC(=O)Cn1ccc2ccn(Cc3ccccc3C)c2c1=O. The van der Waals surface area contributed by atoms with Gasteiger partial charge in [-0.1, -0.05) is 49.4 Å². The van der Waals surface area contributed by atoms with Gasteiger partial charge in [-0.25, -0.2) is 0 Å². The van der Waals surface area contributed by atoms with Crippen LogP contribution in [-0.4, -0.2) is 15.0 Å². The molecule has 0 saturated carbocycles. The summed E-state index contributed by atoms with van der Waals surface area (Å²) >= 11 is 0. The molecule has 0 fully saturated rings. The van der Waals surface area contributed by atoms with Gasteiger partial charge in [-0.15, -0.1) is 0 Å². The van der Waals surface area contributed by atoms with Crippen molar-refractivity contribution >= 4 is 22.5 Å². The highest BCUT2D eigenvalue weighted by Gasteiger charge is 2.13. The number of aromatic nitrogens is 2. The third-order valence-corrected chi connectivity index (χ3v) is 5.81. The third-order valence-electron chi connectivity index (χ3n) is 5.81. The Balaban J connectivity index is 1.62. The molecule has 5 nitrogen and oxygen atoms in total. The molecule has 2 heterocycles. The molecule has 2 aromatic carbocycles. The molecule has 1 N–H and O–H groups in total. The normalized spacial score (nSPS) is 11.1. The molecular formula is C26H27N3O2. The summed E-state index contributed by atoms with van der Waals surface area (Å²) in [7, 11) is 0. The van der Waals surface area contributed by atoms with Crippen molar-refractivity contribution in [2.45, 2.75) is 40.3 Å². The summed E-state index contributed by atoms with van der Waals surface area (Å²) < 4.78 is 3.45. The van der Waals surface area contributed by atoms with Crippen LogP contribution < -0.4 is 10.9 Å². The predicted molar refractivity (Wildman–Crippen MR) is 126 cm³/mol. The van der Waals surface area contributed by atoms with Gasteiger partial charge in [-0.05, 0) is 54.7 Å². The first-order chi connectivity index (χ1) is 15.0. The number of carbonyl (C=O) groups is 1. The lowest BCUT2D eigenvalue weighted by molar-refractivity contribution is -0.116. The maximum absolute atomic E-state index is 13.2. The van der Waals surface area contributed by atoms with E-state index in [4.69, 9.17) is 0 Å². The molecule has 0 aliphatic rings. The summed E-state index contributed by atoms with van der Waals surface area (Å²) in [5.41, 5.74) is 5.75. The number of hydrogen-bond donors (Lipinski definition) is 1. The van der Waals surface area contributed by atoms with Crippen LogP contribution >= 0.6 is 0 Å². The minimum Gasteiger partial charge on any atom is -0.339 e. The highest BCUT2D eigenvalue weighted by atomic mass is 16.2. The van der Waals surface area contributed by atoms with Crippen molar-refractivity contribution in [1.29, 1.82) is 0 Å². The summed E-state index contributed by atoms with van der Waals surface area (Å²) in [5.74, 6) is -0.206. The number of nitrogens with zero attached hydrogens (tertiary/aromatic N) is 2. The molecule has 0 spiro atoms. The molecule has 31 heavy (non-hydrogen) atoms. The molecular weight excluding hydrogens is 386 g/mol. The number of hydrogen-bond acceptors (Lipinski definition) is 2. The number of pyridine rings is 1. The van der Waals surface area contributed by atoms with E-state index < -0.39 is 0 Å². The molecule has 1 amide bonds. The first kappa shape index (κ1) is 20.7. The second-order valence-electron chi connectivity index (χ2n) is 7.93. The molecule has 4 aromatic rings. The Morgan fingerprint density at radius 1 is 0.871 bits per heavy atom. The molecule has 0 radical (unpaired) electrons. The Morgan fingerprint density at radius 2 is 1.55 bits per heavy atom. The van der Waals surface area contributed by atoms with Crippen LogP contribution in [0.5, 0.6) is 0 Å². The van der Waals surface area contributed by atoms with Crippen LogP contribution in [0, 0.1) is 13.8 Å². The van der Waals surface area contributed by atoms with E-state index in [0.717, 1.165) is 28.6 Å². The van der Waals surface area contributed by atoms with Crippen molar-refractivity contribution in [2.75, 3.05) is 5.32 Å². The number of fused-ring (bicyclic) bond motifs is 1. The number of amides is 1. The van der Waals surface area contributed by atoms with Gasteiger partial charge in [-0.2, -0.15) is 0 Å². The lowest BCUT2D eigenvalue weighted by atomic mass is 10.1. The van der Waals surface area contributed by atoms with Crippen LogP contribution in [-0.2, 0) is 24.3 Å². The Morgan fingerprint density at radius 3 is 2.29 bits per heavy atom. The van der Waals surface area contributed by atoms with Gasteiger partial charge in [0.1, 0.15) is 12.1 Å². The fourth-order valence-corrected chi connectivity index (χ4v) is 4.01. The maximum atomic E-state index is 13.2. The molecule has 0 atom stereocenters. The minimum absolute atomic E-state index is 0.0260. The van der Waals surface area contributed by atoms with Crippen molar-refractivity contribution in [1.82, 2.24) is 9.13 Å². The lowest BCUT2D eigenvalue weighted by Crippen LogP contribution is -2.28. The zero-order chi connectivity index (χ0) is 22.0. The molecule has 2 aromatic heterocycles. The maximum Gasteiger partial charge on any atom is 0.275 e. The van der Waals surface area contributed by atoms with Gasteiger partial charge in [0, 0.05) is 30.0 Å². The zero-order valence-corrected chi connectivity index (χ0v) is 18.2. The molecule has 158 valence electrons. The van der Waals surface area contributed by atoms with Gasteiger partial charge in [0.2, 0.25) is 5.91 Å². The standard InChI is InChI=1S/C26H27N3O2/c1-4-20-11-7-9-19(3)24(20)27-23(30)17-29-15-13-21-12-14-28(25(21)26(29)31)16-22-10-6-5-8-18(22)2/h5-15H,4,16-17H2,1-3H3,(H,27,30). The molecule has 0 bridgehead atoms. The van der Waals surface area contributed by atoms with Gasteiger partial charge in [0.25, 0.3) is 5.56 Å². The second kappa shape index (κ2) is 8.64. The van der Waals surface area contributed by atoms with Crippen molar-refractivity contribution in [3.05, 3.63) is 99.6 Å². The average Bonchev–Trinajstić information content (AvgIpc) is 3.17. The third kappa shape index (κ3) is 4.17. The van der Waals surface area contributed by atoms with Gasteiger partial charge in [-0.3, -0.25) is 9.59 Å². The molecule has 0 aliphatic heterocycles. The first-order valence-corrected chi connectivity index (χ1v) is 10.6. The van der Waals surface area contributed by atoms with Crippen molar-refractivity contribution in [3.63, 3.8) is 0 Å². The predicted octanol–water partition coefficient (Wildman–Crippen LogP) is 4.67. The van der Waals surface area contributed by atoms with Crippen LogP contribution in [0.4, 0.5) is 5.69 Å². The monoisotopic (exact) mass is 413 g/mol. The molecule has 0 saturated heterocycles. The summed E-state index contributed by atoms with van der Waals surface area (Å²) in [6, 6.07) is 18.0. The van der Waals surface area contributed by atoms with E-state index in [1.54, 1.807) is 6.20 Å². The molecule has 0 aliphatic carbocycles. The van der Waals surface area contributed by atoms with Gasteiger partial charge in [0.05, 0.1) is 0 Å². The Labute approximate surface area is 182 Å². The summed E-state index contributed by atoms with van der Waals surface area (Å²) in [6.45, 7) is 6.70. The van der Waals surface area contributed by atoms with Crippen molar-refractivity contribution in [3.8, 4) is 0 Å². The zero-order valence-electron chi connectivity index (χ0n) is 18.2. The molecule has 4 rings (SSSR count). The number of anilines is 1. The van der Waals surface area contributed by atoms with E-state index in [1.165, 1.54) is 15.7 Å². The minimum atomic E-state index is -0.206. The number of benzene rings is 2. The largest absolute Gasteiger partial charge is 0.339 e. The summed E-state index contributed by atoms with van der Waals surface area (Å²) in [4.78, 5) is 26.0. The summed E-state index contributed by atoms with van der Waals surface area (Å²) in [6.07, 6.45) is 4.46. The van der Waals surface area contributed by atoms with Crippen LogP contribution in [0.3, 0.4) is 0 Å². The van der Waals surface area contributed by atoms with Crippen LogP contribution in [0.1, 0.15) is 29.2 Å². The van der Waals surface area contributed by atoms with Gasteiger partial charge >= 0.3 is 0 Å². The number of aryl methyl sites for hydroxylation is 3. The lowest BCUT2D eigenvalue weighted by Gasteiger charge is -2.14. The first-order valence-electron chi connectivity index (χ1n) is 10.6. The number of para-hydroxylation sites is 1. The van der Waals surface area contributed by atoms with Crippen molar-refractivity contribution in [2.24, 2.45) is 0 Å². The fraction of sp³-hybridized carbons (Fsp3) is 0.231. The van der Waals surface area contributed by atoms with E-state index >= 15 is 0 Å². The average molecular weight is 414 g/mol.